The average molecular weight is 261 g/mol. The fraction of sp³-hybridized carbons (Fsp3) is 0.778. The van der Waals surface area contributed by atoms with E-state index >= 15 is 0 Å². The van der Waals surface area contributed by atoms with Crippen molar-refractivity contribution in [3.8, 4) is 0 Å². The van der Waals surface area contributed by atoms with Gasteiger partial charge in [0.15, 0.2) is 9.84 Å². The van der Waals surface area contributed by atoms with Crippen molar-refractivity contribution in [2.24, 2.45) is 12.9 Å². The molecule has 98 valence electrons. The number of sulfone groups is 1. The van der Waals surface area contributed by atoms with E-state index in [0.29, 0.717) is 12.2 Å². The molecule has 1 atom stereocenters. The molecule has 0 aromatic carbocycles. The van der Waals surface area contributed by atoms with Crippen LogP contribution in [0.5, 0.6) is 0 Å². The fourth-order valence-corrected chi connectivity index (χ4v) is 2.12. The molecule has 0 bridgehead atoms. The van der Waals surface area contributed by atoms with Gasteiger partial charge in [0, 0.05) is 25.8 Å². The number of aryl methyl sites for hydroxylation is 1. The maximum absolute atomic E-state index is 11.7. The molecular weight excluding hydrogens is 242 g/mol. The lowest BCUT2D eigenvalue weighted by molar-refractivity contribution is 0.402. The van der Waals surface area contributed by atoms with Gasteiger partial charge in [-0.1, -0.05) is 0 Å². The number of rotatable bonds is 5. The lowest BCUT2D eigenvalue weighted by atomic mass is 10.0. The van der Waals surface area contributed by atoms with Crippen molar-refractivity contribution in [2.75, 3.05) is 6.26 Å². The van der Waals surface area contributed by atoms with Gasteiger partial charge in [0.05, 0.1) is 4.75 Å². The summed E-state index contributed by atoms with van der Waals surface area (Å²) in [6, 6.07) is -0.430. The van der Waals surface area contributed by atoms with Crippen LogP contribution in [-0.4, -0.2) is 40.2 Å². The zero-order valence-electron chi connectivity index (χ0n) is 10.5. The van der Waals surface area contributed by atoms with Gasteiger partial charge in [-0.05, 0) is 13.8 Å². The van der Waals surface area contributed by atoms with Gasteiger partial charge >= 0.3 is 0 Å². The summed E-state index contributed by atoms with van der Waals surface area (Å²) in [6.45, 7) is 3.28. The summed E-state index contributed by atoms with van der Waals surface area (Å²) in [6.07, 6.45) is 3.03. The molecule has 0 saturated heterocycles. The van der Waals surface area contributed by atoms with E-state index in [4.69, 9.17) is 5.84 Å². The van der Waals surface area contributed by atoms with Gasteiger partial charge in [-0.25, -0.2) is 13.4 Å². The van der Waals surface area contributed by atoms with Gasteiger partial charge in [-0.3, -0.25) is 16.0 Å². The maximum Gasteiger partial charge on any atom is 0.154 e. The van der Waals surface area contributed by atoms with Crippen LogP contribution in [0, 0.1) is 0 Å². The number of hydrazine groups is 1. The van der Waals surface area contributed by atoms with E-state index in [1.54, 1.807) is 25.6 Å². The summed E-state index contributed by atoms with van der Waals surface area (Å²) >= 11 is 0. The second-order valence-corrected chi connectivity index (χ2v) is 7.20. The molecule has 1 rings (SSSR count). The molecule has 0 fully saturated rings. The predicted molar refractivity (Wildman–Crippen MR) is 64.7 cm³/mol. The van der Waals surface area contributed by atoms with Gasteiger partial charge < -0.3 is 0 Å². The van der Waals surface area contributed by atoms with Crippen molar-refractivity contribution in [3.05, 3.63) is 12.2 Å². The molecule has 8 heteroatoms. The SMILES string of the molecule is Cn1ncnc1CC(NN)C(C)(C)S(C)(=O)=O. The standard InChI is InChI=1S/C9H19N5O2S/c1-9(2,17(4,15)16)7(13-10)5-8-11-6-12-14(8)3/h6-7,13H,5,10H2,1-4H3. The van der Waals surface area contributed by atoms with Crippen molar-refractivity contribution >= 4 is 9.84 Å². The van der Waals surface area contributed by atoms with E-state index in [1.165, 1.54) is 12.6 Å². The number of nitrogens with zero attached hydrogens (tertiary/aromatic N) is 3. The largest absolute Gasteiger partial charge is 0.271 e. The Kier molecular flexibility index (Phi) is 3.90. The van der Waals surface area contributed by atoms with Crippen LogP contribution < -0.4 is 11.3 Å². The number of hydrogen-bond donors (Lipinski definition) is 2. The van der Waals surface area contributed by atoms with Crippen molar-refractivity contribution in [2.45, 2.75) is 31.1 Å². The minimum atomic E-state index is -3.23. The Bertz CT molecular complexity index is 479. The summed E-state index contributed by atoms with van der Waals surface area (Å²) in [7, 11) is -1.48. The van der Waals surface area contributed by atoms with Gasteiger partial charge in [-0.15, -0.1) is 0 Å². The molecule has 0 radical (unpaired) electrons. The molecule has 7 nitrogen and oxygen atoms in total. The van der Waals surface area contributed by atoms with Crippen LogP contribution in [0.4, 0.5) is 0 Å². The van der Waals surface area contributed by atoms with Crippen LogP contribution in [0.25, 0.3) is 0 Å². The lowest BCUT2D eigenvalue weighted by Gasteiger charge is -2.31. The van der Waals surface area contributed by atoms with Crippen LogP contribution in [0.1, 0.15) is 19.7 Å². The monoisotopic (exact) mass is 261 g/mol. The summed E-state index contributed by atoms with van der Waals surface area (Å²) in [4.78, 5) is 4.06. The van der Waals surface area contributed by atoms with Gasteiger partial charge in [0.25, 0.3) is 0 Å². The molecule has 0 aliphatic rings. The van der Waals surface area contributed by atoms with Crippen LogP contribution in [-0.2, 0) is 23.3 Å². The second-order valence-electron chi connectivity index (χ2n) is 4.60. The Hall–Kier alpha value is -0.990. The number of nitrogens with two attached hydrogens (primary N) is 1. The van der Waals surface area contributed by atoms with E-state index in [-0.39, 0.29) is 0 Å². The average Bonchev–Trinajstić information content (AvgIpc) is 2.58. The first-order valence-electron chi connectivity index (χ1n) is 5.18. The molecule has 3 N–H and O–H groups in total. The summed E-state index contributed by atoms with van der Waals surface area (Å²) in [5.41, 5.74) is 2.55. The zero-order valence-corrected chi connectivity index (χ0v) is 11.3. The molecular formula is C9H19N5O2S. The van der Waals surface area contributed by atoms with Crippen molar-refractivity contribution in [1.29, 1.82) is 0 Å². The first-order chi connectivity index (χ1) is 7.70. The Morgan fingerprint density at radius 3 is 2.53 bits per heavy atom. The quantitative estimate of drug-likeness (QED) is 0.521. The van der Waals surface area contributed by atoms with E-state index in [9.17, 15) is 8.42 Å². The highest BCUT2D eigenvalue weighted by atomic mass is 32.2. The van der Waals surface area contributed by atoms with E-state index < -0.39 is 20.6 Å². The Morgan fingerprint density at radius 2 is 2.18 bits per heavy atom. The minimum Gasteiger partial charge on any atom is -0.271 e. The van der Waals surface area contributed by atoms with Gasteiger partial charge in [0.1, 0.15) is 12.2 Å². The Morgan fingerprint density at radius 1 is 1.59 bits per heavy atom. The third-order valence-corrected chi connectivity index (χ3v) is 5.38. The first kappa shape index (κ1) is 14.1. The molecule has 1 aromatic rings. The highest BCUT2D eigenvalue weighted by Crippen LogP contribution is 2.21. The predicted octanol–water partition coefficient (Wildman–Crippen LogP) is -0.987. The van der Waals surface area contributed by atoms with Gasteiger partial charge in [0.2, 0.25) is 0 Å². The number of nitrogens with one attached hydrogen (secondary N) is 1. The van der Waals surface area contributed by atoms with Crippen molar-refractivity contribution in [3.63, 3.8) is 0 Å². The molecule has 0 saturated carbocycles. The maximum atomic E-state index is 11.7. The molecule has 0 aliphatic heterocycles. The smallest absolute Gasteiger partial charge is 0.154 e. The van der Waals surface area contributed by atoms with E-state index in [2.05, 4.69) is 15.5 Å². The lowest BCUT2D eigenvalue weighted by Crippen LogP contribution is -2.55. The summed E-state index contributed by atoms with van der Waals surface area (Å²) in [5.74, 6) is 6.14. The minimum absolute atomic E-state index is 0.396. The molecule has 1 unspecified atom stereocenters. The van der Waals surface area contributed by atoms with E-state index in [0.717, 1.165) is 0 Å². The molecule has 0 aliphatic carbocycles. The normalized spacial score (nSPS) is 14.9. The molecule has 17 heavy (non-hydrogen) atoms. The molecule has 0 amide bonds. The Labute approximate surface area is 101 Å². The highest BCUT2D eigenvalue weighted by molar-refractivity contribution is 7.92. The number of aromatic nitrogens is 3. The third kappa shape index (κ3) is 2.82. The highest BCUT2D eigenvalue weighted by Gasteiger charge is 2.39. The summed E-state index contributed by atoms with van der Waals surface area (Å²) < 4.78 is 24.1. The van der Waals surface area contributed by atoms with Gasteiger partial charge in [-0.2, -0.15) is 5.10 Å². The summed E-state index contributed by atoms with van der Waals surface area (Å²) in [5, 5.41) is 3.94. The number of hydrogen-bond acceptors (Lipinski definition) is 6. The first-order valence-corrected chi connectivity index (χ1v) is 7.08. The molecule has 0 spiro atoms. The molecule has 1 heterocycles. The zero-order chi connectivity index (χ0) is 13.3. The topological polar surface area (TPSA) is 103 Å². The van der Waals surface area contributed by atoms with E-state index in [1.807, 2.05) is 0 Å². The Balaban J connectivity index is 2.98. The van der Waals surface area contributed by atoms with Crippen molar-refractivity contribution in [1.82, 2.24) is 20.2 Å². The fourth-order valence-electron chi connectivity index (χ4n) is 1.45. The second kappa shape index (κ2) is 4.71. The van der Waals surface area contributed by atoms with Crippen LogP contribution in [0.3, 0.4) is 0 Å². The van der Waals surface area contributed by atoms with Crippen LogP contribution in [0.2, 0.25) is 0 Å². The van der Waals surface area contributed by atoms with Crippen molar-refractivity contribution < 1.29 is 8.42 Å². The van der Waals surface area contributed by atoms with Crippen LogP contribution in [0.15, 0.2) is 6.33 Å². The third-order valence-electron chi connectivity index (χ3n) is 3.19. The van der Waals surface area contributed by atoms with Crippen LogP contribution >= 0.6 is 0 Å². The molecule has 1 aromatic heterocycles.